The topological polar surface area (TPSA) is 83.6 Å². The summed E-state index contributed by atoms with van der Waals surface area (Å²) in [7, 11) is 0. The second-order valence-corrected chi connectivity index (χ2v) is 7.83. The number of aliphatic imine (C=N–C) groups is 1. The molecule has 0 unspecified atom stereocenters. The number of allylic oxidation sites excluding steroid dienone is 1. The van der Waals surface area contributed by atoms with Gasteiger partial charge in [-0.15, -0.1) is 11.3 Å². The average molecular weight is 418 g/mol. The summed E-state index contributed by atoms with van der Waals surface area (Å²) in [5, 5.41) is 6.45. The van der Waals surface area contributed by atoms with Crippen molar-refractivity contribution in [3.8, 4) is 0 Å². The molecule has 0 bridgehead atoms. The average Bonchev–Trinajstić information content (AvgIpc) is 3.40. The Morgan fingerprint density at radius 3 is 2.89 bits per heavy atom. The fraction of sp³-hybridized carbons (Fsp3) is 0.350. The molecule has 1 aromatic heterocycles. The number of nitrogens with one attached hydrogen (secondary N) is 1. The van der Waals surface area contributed by atoms with Crippen LogP contribution in [0.25, 0.3) is 5.57 Å². The lowest BCUT2D eigenvalue weighted by molar-refractivity contribution is 0.0687. The predicted molar refractivity (Wildman–Crippen MR) is 116 cm³/mol. The SMILES string of the molecule is CCCN(C(=O)c1csc(/C(C=Nc2ccc(Cl)cc2)=C/N)n1)[C@H]1CCNC1. The maximum Gasteiger partial charge on any atom is 0.273 e. The number of nitrogens with two attached hydrogens (primary N) is 1. The van der Waals surface area contributed by atoms with Crippen molar-refractivity contribution in [2.24, 2.45) is 10.7 Å². The summed E-state index contributed by atoms with van der Waals surface area (Å²) in [6.07, 6.45) is 5.00. The van der Waals surface area contributed by atoms with Crippen LogP contribution < -0.4 is 11.1 Å². The van der Waals surface area contributed by atoms with Gasteiger partial charge in [0.15, 0.2) is 0 Å². The molecule has 1 aromatic carbocycles. The highest BCUT2D eigenvalue weighted by atomic mass is 35.5. The van der Waals surface area contributed by atoms with Crippen LogP contribution in [0.1, 0.15) is 35.3 Å². The van der Waals surface area contributed by atoms with E-state index in [1.165, 1.54) is 17.5 Å². The predicted octanol–water partition coefficient (Wildman–Crippen LogP) is 3.71. The monoisotopic (exact) mass is 417 g/mol. The first-order chi connectivity index (χ1) is 13.6. The number of carbonyl (C=O) groups excluding carboxylic acids is 1. The number of hydrogen-bond donors (Lipinski definition) is 2. The van der Waals surface area contributed by atoms with Crippen molar-refractivity contribution in [2.75, 3.05) is 19.6 Å². The van der Waals surface area contributed by atoms with Crippen molar-refractivity contribution in [1.29, 1.82) is 0 Å². The molecule has 8 heteroatoms. The number of benzene rings is 1. The zero-order chi connectivity index (χ0) is 19.9. The minimum atomic E-state index is -0.0240. The number of amides is 1. The van der Waals surface area contributed by atoms with Crippen LogP contribution in [-0.4, -0.2) is 47.7 Å². The van der Waals surface area contributed by atoms with E-state index in [0.29, 0.717) is 21.3 Å². The second-order valence-electron chi connectivity index (χ2n) is 6.54. The molecule has 0 saturated carbocycles. The lowest BCUT2D eigenvalue weighted by Gasteiger charge is -2.27. The number of rotatable bonds is 7. The summed E-state index contributed by atoms with van der Waals surface area (Å²) >= 11 is 7.28. The zero-order valence-electron chi connectivity index (χ0n) is 15.8. The molecule has 1 amide bonds. The molecule has 28 heavy (non-hydrogen) atoms. The van der Waals surface area contributed by atoms with Gasteiger partial charge < -0.3 is 16.0 Å². The Kier molecular flexibility index (Phi) is 7.19. The molecule has 0 aliphatic carbocycles. The van der Waals surface area contributed by atoms with E-state index in [1.54, 1.807) is 23.7 Å². The van der Waals surface area contributed by atoms with E-state index in [0.717, 1.165) is 38.2 Å². The summed E-state index contributed by atoms with van der Waals surface area (Å²) in [4.78, 5) is 23.9. The van der Waals surface area contributed by atoms with Gasteiger partial charge in [0.2, 0.25) is 0 Å². The summed E-state index contributed by atoms with van der Waals surface area (Å²) in [5.41, 5.74) is 7.67. The van der Waals surface area contributed by atoms with Crippen molar-refractivity contribution in [3.63, 3.8) is 0 Å². The molecule has 2 aromatic rings. The Bertz CT molecular complexity index is 856. The number of thiazole rings is 1. The number of hydrogen-bond acceptors (Lipinski definition) is 6. The van der Waals surface area contributed by atoms with Crippen molar-refractivity contribution in [1.82, 2.24) is 15.2 Å². The lowest BCUT2D eigenvalue weighted by atomic mass is 10.2. The Labute approximate surface area is 174 Å². The van der Waals surface area contributed by atoms with Gasteiger partial charge in [0, 0.05) is 47.5 Å². The van der Waals surface area contributed by atoms with Crippen LogP contribution in [0.2, 0.25) is 5.02 Å². The fourth-order valence-electron chi connectivity index (χ4n) is 3.09. The lowest BCUT2D eigenvalue weighted by Crippen LogP contribution is -2.42. The third-order valence-corrected chi connectivity index (χ3v) is 5.67. The Morgan fingerprint density at radius 1 is 1.46 bits per heavy atom. The molecule has 2 heterocycles. The van der Waals surface area contributed by atoms with Gasteiger partial charge in [-0.2, -0.15) is 0 Å². The first-order valence-electron chi connectivity index (χ1n) is 9.31. The van der Waals surface area contributed by atoms with E-state index in [9.17, 15) is 4.79 Å². The van der Waals surface area contributed by atoms with Crippen molar-refractivity contribution < 1.29 is 4.79 Å². The van der Waals surface area contributed by atoms with Gasteiger partial charge in [-0.25, -0.2) is 4.98 Å². The van der Waals surface area contributed by atoms with Gasteiger partial charge in [-0.05, 0) is 43.7 Å². The van der Waals surface area contributed by atoms with Crippen LogP contribution in [-0.2, 0) is 0 Å². The molecule has 0 radical (unpaired) electrons. The number of halogens is 1. The molecule has 1 aliphatic rings. The second kappa shape index (κ2) is 9.82. The maximum atomic E-state index is 13.0. The quantitative estimate of drug-likeness (QED) is 0.672. The zero-order valence-corrected chi connectivity index (χ0v) is 17.3. The molecule has 3 rings (SSSR count). The van der Waals surface area contributed by atoms with Gasteiger partial charge in [0.1, 0.15) is 10.7 Å². The van der Waals surface area contributed by atoms with Gasteiger partial charge in [0.05, 0.1) is 5.69 Å². The molecule has 1 atom stereocenters. The van der Waals surface area contributed by atoms with Gasteiger partial charge in [-0.3, -0.25) is 9.79 Å². The molecule has 1 aliphatic heterocycles. The largest absolute Gasteiger partial charge is 0.404 e. The first-order valence-corrected chi connectivity index (χ1v) is 10.6. The highest BCUT2D eigenvalue weighted by Crippen LogP contribution is 2.22. The minimum Gasteiger partial charge on any atom is -0.404 e. The standard InChI is InChI=1S/C20H24ClN5OS/c1-2-9-26(17-7-8-23-12-17)20(27)18-13-28-19(25-18)14(10-22)11-24-16-5-3-15(21)4-6-16/h3-6,10-11,13,17,23H,2,7-9,12,22H2,1H3/b14-10+,24-11?/t17-/m0/s1. The molecule has 0 spiro atoms. The minimum absolute atomic E-state index is 0.0240. The maximum absolute atomic E-state index is 13.0. The van der Waals surface area contributed by atoms with Crippen LogP contribution in [0, 0.1) is 0 Å². The van der Waals surface area contributed by atoms with Gasteiger partial charge in [-0.1, -0.05) is 18.5 Å². The fourth-order valence-corrected chi connectivity index (χ4v) is 4.00. The molecule has 1 fully saturated rings. The van der Waals surface area contributed by atoms with E-state index in [2.05, 4.69) is 22.2 Å². The van der Waals surface area contributed by atoms with E-state index in [-0.39, 0.29) is 11.9 Å². The highest BCUT2D eigenvalue weighted by Gasteiger charge is 2.28. The smallest absolute Gasteiger partial charge is 0.273 e. The molecular weight excluding hydrogens is 394 g/mol. The summed E-state index contributed by atoms with van der Waals surface area (Å²) in [5.74, 6) is -0.0240. The first kappa shape index (κ1) is 20.5. The number of aromatic nitrogens is 1. The molecule has 1 saturated heterocycles. The Balaban J connectivity index is 1.75. The van der Waals surface area contributed by atoms with Crippen LogP contribution in [0.4, 0.5) is 5.69 Å². The van der Waals surface area contributed by atoms with Gasteiger partial charge >= 0.3 is 0 Å². The normalized spacial score (nSPS) is 17.4. The van der Waals surface area contributed by atoms with Crippen LogP contribution in [0.3, 0.4) is 0 Å². The van der Waals surface area contributed by atoms with Crippen LogP contribution in [0.5, 0.6) is 0 Å². The third-order valence-electron chi connectivity index (χ3n) is 4.53. The Morgan fingerprint density at radius 2 is 2.25 bits per heavy atom. The van der Waals surface area contributed by atoms with E-state index in [4.69, 9.17) is 17.3 Å². The summed E-state index contributed by atoms with van der Waals surface area (Å²) in [6.45, 7) is 4.60. The van der Waals surface area contributed by atoms with Crippen LogP contribution >= 0.6 is 22.9 Å². The highest BCUT2D eigenvalue weighted by molar-refractivity contribution is 7.11. The molecular formula is C20H24ClN5OS. The molecule has 148 valence electrons. The number of carbonyl (C=O) groups is 1. The van der Waals surface area contributed by atoms with Crippen molar-refractivity contribution >= 4 is 46.3 Å². The number of nitrogens with zero attached hydrogens (tertiary/aromatic N) is 3. The van der Waals surface area contributed by atoms with E-state index in [1.807, 2.05) is 17.0 Å². The molecule has 6 nitrogen and oxygen atoms in total. The summed E-state index contributed by atoms with van der Waals surface area (Å²) < 4.78 is 0. The summed E-state index contributed by atoms with van der Waals surface area (Å²) in [6, 6.07) is 7.43. The van der Waals surface area contributed by atoms with Crippen molar-refractivity contribution in [3.05, 3.63) is 51.6 Å². The van der Waals surface area contributed by atoms with E-state index >= 15 is 0 Å². The van der Waals surface area contributed by atoms with Crippen LogP contribution in [0.15, 0.2) is 40.8 Å². The van der Waals surface area contributed by atoms with Crippen molar-refractivity contribution in [2.45, 2.75) is 25.8 Å². The Hall–Kier alpha value is -2.22. The third kappa shape index (κ3) is 4.98. The van der Waals surface area contributed by atoms with E-state index < -0.39 is 0 Å². The van der Waals surface area contributed by atoms with Gasteiger partial charge in [0.25, 0.3) is 5.91 Å². The molecule has 3 N–H and O–H groups in total.